The van der Waals surface area contributed by atoms with E-state index in [1.807, 2.05) is 6.07 Å². The van der Waals surface area contributed by atoms with Crippen molar-refractivity contribution in [1.82, 2.24) is 10.3 Å². The Kier molecular flexibility index (Phi) is 6.59. The van der Waals surface area contributed by atoms with Crippen LogP contribution in [0.15, 0.2) is 53.9 Å². The third-order valence-corrected chi connectivity index (χ3v) is 5.40. The summed E-state index contributed by atoms with van der Waals surface area (Å²) in [5.74, 6) is 0.698. The molecule has 1 atom stereocenters. The van der Waals surface area contributed by atoms with Gasteiger partial charge in [0.05, 0.1) is 5.57 Å². The van der Waals surface area contributed by atoms with E-state index in [-0.39, 0.29) is 17.5 Å². The van der Waals surface area contributed by atoms with E-state index in [4.69, 9.17) is 18.0 Å². The summed E-state index contributed by atoms with van der Waals surface area (Å²) >= 11 is 5.53. The zero-order chi connectivity index (χ0) is 21.0. The highest BCUT2D eigenvalue weighted by molar-refractivity contribution is 7.81. The number of hydrogen-bond acceptors (Lipinski definition) is 5. The number of nitrogens with zero attached hydrogens (tertiary/aromatic N) is 1. The molecule has 152 valence electrons. The fourth-order valence-corrected chi connectivity index (χ4v) is 3.77. The Balaban J connectivity index is 1.86. The molecule has 1 aliphatic carbocycles. The van der Waals surface area contributed by atoms with Crippen molar-refractivity contribution in [2.75, 3.05) is 11.1 Å². The van der Waals surface area contributed by atoms with Gasteiger partial charge in [0.15, 0.2) is 5.78 Å². The van der Waals surface area contributed by atoms with E-state index < -0.39 is 0 Å². The quantitative estimate of drug-likeness (QED) is 0.617. The van der Waals surface area contributed by atoms with Crippen molar-refractivity contribution in [3.8, 4) is 0 Å². The number of nitrogens with one attached hydrogen (secondary N) is 2. The number of ketones is 1. The molecule has 2 aromatic rings. The first-order valence-corrected chi connectivity index (χ1v) is 10.0. The SMILES string of the molecule is CC(C)C1CC(=O)C(C(=S)Nc2cccc(F)c2)=C(NCc2ccnc(N)c2)C1. The monoisotopic (exact) mass is 412 g/mol. The lowest BCUT2D eigenvalue weighted by molar-refractivity contribution is -0.116. The van der Waals surface area contributed by atoms with Crippen molar-refractivity contribution >= 4 is 34.5 Å². The lowest BCUT2D eigenvalue weighted by atomic mass is 9.79. The number of carbonyl (C=O) groups is 1. The molecule has 29 heavy (non-hydrogen) atoms. The minimum atomic E-state index is -0.366. The van der Waals surface area contributed by atoms with Gasteiger partial charge in [-0.15, -0.1) is 0 Å². The normalized spacial score (nSPS) is 16.8. The zero-order valence-electron chi connectivity index (χ0n) is 16.5. The number of carbonyl (C=O) groups excluding carboxylic acids is 1. The third-order valence-electron chi connectivity index (χ3n) is 5.10. The molecule has 7 heteroatoms. The van der Waals surface area contributed by atoms with Crippen molar-refractivity contribution in [3.63, 3.8) is 0 Å². The number of pyridine rings is 1. The number of thiocarbonyl (C=S) groups is 1. The molecule has 1 unspecified atom stereocenters. The molecular formula is C22H25FN4OS. The first-order chi connectivity index (χ1) is 13.8. The number of rotatable bonds is 6. The summed E-state index contributed by atoms with van der Waals surface area (Å²) in [7, 11) is 0. The van der Waals surface area contributed by atoms with Gasteiger partial charge in [0.1, 0.15) is 16.6 Å². The molecule has 1 aromatic heterocycles. The van der Waals surface area contributed by atoms with E-state index >= 15 is 0 Å². The van der Waals surface area contributed by atoms with E-state index in [0.29, 0.717) is 41.0 Å². The molecule has 5 nitrogen and oxygen atoms in total. The zero-order valence-corrected chi connectivity index (χ0v) is 17.4. The van der Waals surface area contributed by atoms with Crippen molar-refractivity contribution in [3.05, 3.63) is 65.2 Å². The Morgan fingerprint density at radius 2 is 2.10 bits per heavy atom. The Morgan fingerprint density at radius 1 is 1.31 bits per heavy atom. The van der Waals surface area contributed by atoms with Gasteiger partial charge in [-0.1, -0.05) is 32.1 Å². The smallest absolute Gasteiger partial charge is 0.167 e. The van der Waals surface area contributed by atoms with Crippen LogP contribution in [0, 0.1) is 17.7 Å². The Morgan fingerprint density at radius 3 is 2.79 bits per heavy atom. The number of anilines is 2. The lowest BCUT2D eigenvalue weighted by Gasteiger charge is -2.30. The molecule has 0 aliphatic heterocycles. The average molecular weight is 413 g/mol. The highest BCUT2D eigenvalue weighted by Crippen LogP contribution is 2.32. The van der Waals surface area contributed by atoms with Crippen molar-refractivity contribution in [2.45, 2.75) is 33.2 Å². The first-order valence-electron chi connectivity index (χ1n) is 9.61. The topological polar surface area (TPSA) is 80.0 Å². The Bertz CT molecular complexity index is 957. The van der Waals surface area contributed by atoms with Crippen molar-refractivity contribution < 1.29 is 9.18 Å². The number of hydrogen-bond donors (Lipinski definition) is 3. The number of halogens is 1. The largest absolute Gasteiger partial charge is 0.384 e. The van der Waals surface area contributed by atoms with Gasteiger partial charge in [-0.05, 0) is 54.2 Å². The third kappa shape index (κ3) is 5.38. The average Bonchev–Trinajstić information content (AvgIpc) is 2.65. The minimum Gasteiger partial charge on any atom is -0.384 e. The maximum atomic E-state index is 13.5. The highest BCUT2D eigenvalue weighted by Gasteiger charge is 2.31. The summed E-state index contributed by atoms with van der Waals surface area (Å²) in [5.41, 5.74) is 8.52. The van der Waals surface area contributed by atoms with E-state index in [9.17, 15) is 9.18 Å². The maximum absolute atomic E-state index is 13.5. The van der Waals surface area contributed by atoms with E-state index in [1.165, 1.54) is 12.1 Å². The van der Waals surface area contributed by atoms with Crippen molar-refractivity contribution in [1.29, 1.82) is 0 Å². The first kappa shape index (κ1) is 20.9. The summed E-state index contributed by atoms with van der Waals surface area (Å²) in [6, 6.07) is 9.69. The Hall–Kier alpha value is -2.80. The molecule has 1 aliphatic rings. The number of nitrogen functional groups attached to an aromatic ring is 1. The van der Waals surface area contributed by atoms with E-state index in [1.54, 1.807) is 24.4 Å². The summed E-state index contributed by atoms with van der Waals surface area (Å²) in [6.45, 7) is 4.74. The predicted molar refractivity (Wildman–Crippen MR) is 118 cm³/mol. The van der Waals surface area contributed by atoms with Crippen LogP contribution in [-0.4, -0.2) is 15.8 Å². The number of allylic oxidation sites excluding steroid dienone is 1. The van der Waals surface area contributed by atoms with Crippen LogP contribution in [0.3, 0.4) is 0 Å². The van der Waals surface area contributed by atoms with Gasteiger partial charge in [-0.25, -0.2) is 9.37 Å². The molecule has 0 amide bonds. The molecule has 3 rings (SSSR count). The van der Waals surface area contributed by atoms with Crippen LogP contribution >= 0.6 is 12.2 Å². The minimum absolute atomic E-state index is 0.000551. The van der Waals surface area contributed by atoms with Crippen LogP contribution in [0.1, 0.15) is 32.3 Å². The van der Waals surface area contributed by atoms with Crippen LogP contribution in [-0.2, 0) is 11.3 Å². The Labute approximate surface area is 175 Å². The molecule has 0 saturated carbocycles. The van der Waals surface area contributed by atoms with Gasteiger partial charge in [-0.2, -0.15) is 0 Å². The molecule has 1 aromatic carbocycles. The summed E-state index contributed by atoms with van der Waals surface area (Å²) in [4.78, 5) is 17.3. The number of aromatic nitrogens is 1. The molecule has 1 heterocycles. The van der Waals surface area contributed by atoms with Crippen LogP contribution in [0.25, 0.3) is 0 Å². The molecule has 4 N–H and O–H groups in total. The van der Waals surface area contributed by atoms with E-state index in [2.05, 4.69) is 29.5 Å². The second-order valence-corrected chi connectivity index (χ2v) is 8.00. The standard InChI is InChI=1S/C22H25FN4OS/c1-13(2)15-9-18(26-12-14-6-7-25-20(24)8-14)21(19(28)10-15)22(29)27-17-5-3-4-16(23)11-17/h3-8,11,13,15,26H,9-10,12H2,1-2H3,(H2,24,25)(H,27,29). The number of benzene rings is 1. The summed E-state index contributed by atoms with van der Waals surface area (Å²) in [6.07, 6.45) is 2.83. The molecule has 0 radical (unpaired) electrons. The van der Waals surface area contributed by atoms with Gasteiger partial charge in [0, 0.05) is 30.5 Å². The fourth-order valence-electron chi connectivity index (χ4n) is 3.41. The summed E-state index contributed by atoms with van der Waals surface area (Å²) in [5, 5.41) is 6.39. The van der Waals surface area contributed by atoms with E-state index in [0.717, 1.165) is 17.7 Å². The van der Waals surface area contributed by atoms with Crippen LogP contribution in [0.4, 0.5) is 15.9 Å². The molecular weight excluding hydrogens is 387 g/mol. The second-order valence-electron chi connectivity index (χ2n) is 7.60. The summed E-state index contributed by atoms with van der Waals surface area (Å²) < 4.78 is 13.5. The van der Waals surface area contributed by atoms with Gasteiger partial charge in [-0.3, -0.25) is 4.79 Å². The molecule has 0 fully saturated rings. The van der Waals surface area contributed by atoms with Crippen LogP contribution in [0.5, 0.6) is 0 Å². The van der Waals surface area contributed by atoms with Gasteiger partial charge in [0.2, 0.25) is 0 Å². The van der Waals surface area contributed by atoms with Gasteiger partial charge < -0.3 is 16.4 Å². The number of Topliss-reactive ketones (excluding diaryl/α,β-unsaturated/α-hetero) is 1. The van der Waals surface area contributed by atoms with Crippen molar-refractivity contribution in [2.24, 2.45) is 11.8 Å². The molecule has 0 spiro atoms. The molecule has 0 saturated heterocycles. The number of nitrogens with two attached hydrogens (primary N) is 1. The van der Waals surface area contributed by atoms with Gasteiger partial charge in [0.25, 0.3) is 0 Å². The second kappa shape index (κ2) is 9.13. The predicted octanol–water partition coefficient (Wildman–Crippen LogP) is 4.22. The fraction of sp³-hybridized carbons (Fsp3) is 0.318. The highest BCUT2D eigenvalue weighted by atomic mass is 32.1. The molecule has 0 bridgehead atoms. The van der Waals surface area contributed by atoms with Gasteiger partial charge >= 0.3 is 0 Å². The lowest BCUT2D eigenvalue weighted by Crippen LogP contribution is -2.33. The van der Waals surface area contributed by atoms with Crippen LogP contribution in [0.2, 0.25) is 0 Å². The maximum Gasteiger partial charge on any atom is 0.167 e. The van der Waals surface area contributed by atoms with Crippen LogP contribution < -0.4 is 16.4 Å².